The summed E-state index contributed by atoms with van der Waals surface area (Å²) in [5, 5.41) is 1.01. The maximum Gasteiger partial charge on any atom is 0.229 e. The second kappa shape index (κ2) is 6.24. The van der Waals surface area contributed by atoms with Gasteiger partial charge in [-0.1, -0.05) is 18.3 Å². The Morgan fingerprint density at radius 3 is 2.92 bits per heavy atom. The highest BCUT2D eigenvalue weighted by molar-refractivity contribution is 7.22. The van der Waals surface area contributed by atoms with Crippen LogP contribution in [0, 0.1) is 11.8 Å². The number of piperidine rings is 1. The average Bonchev–Trinajstić information content (AvgIpc) is 2.95. The highest BCUT2D eigenvalue weighted by Gasteiger charge is 2.37. The number of thiazole rings is 1. The van der Waals surface area contributed by atoms with Gasteiger partial charge in [0.05, 0.1) is 23.2 Å². The minimum atomic E-state index is 0.136. The van der Waals surface area contributed by atoms with E-state index in [0.29, 0.717) is 11.8 Å². The molecule has 5 nitrogen and oxygen atoms in total. The maximum atomic E-state index is 12.6. The van der Waals surface area contributed by atoms with Crippen molar-refractivity contribution in [2.75, 3.05) is 38.2 Å². The van der Waals surface area contributed by atoms with Crippen LogP contribution in [0.4, 0.5) is 5.13 Å². The molecule has 0 aliphatic carbocycles. The molecule has 2 saturated heterocycles. The zero-order valence-corrected chi connectivity index (χ0v) is 15.0. The van der Waals surface area contributed by atoms with Crippen molar-refractivity contribution in [3.05, 3.63) is 18.2 Å². The van der Waals surface area contributed by atoms with Gasteiger partial charge in [-0.2, -0.15) is 0 Å². The second-order valence-electron chi connectivity index (χ2n) is 6.96. The van der Waals surface area contributed by atoms with E-state index in [9.17, 15) is 4.79 Å². The lowest BCUT2D eigenvalue weighted by Crippen LogP contribution is -2.56. The first-order valence-electron chi connectivity index (χ1n) is 8.62. The number of carbonyl (C=O) groups excluding carboxylic acids is 1. The van der Waals surface area contributed by atoms with Gasteiger partial charge in [0.25, 0.3) is 0 Å². The number of aromatic nitrogens is 1. The van der Waals surface area contributed by atoms with Crippen molar-refractivity contribution < 1.29 is 9.53 Å². The van der Waals surface area contributed by atoms with Crippen molar-refractivity contribution in [3.8, 4) is 5.75 Å². The molecule has 1 atom stereocenters. The molecule has 1 aromatic heterocycles. The molecule has 3 heterocycles. The molecule has 0 bridgehead atoms. The van der Waals surface area contributed by atoms with Crippen LogP contribution in [0.1, 0.15) is 19.8 Å². The monoisotopic (exact) mass is 345 g/mol. The molecule has 24 heavy (non-hydrogen) atoms. The van der Waals surface area contributed by atoms with Gasteiger partial charge in [0.15, 0.2) is 5.13 Å². The number of likely N-dealkylation sites (tertiary alicyclic amines) is 1. The molecule has 1 unspecified atom stereocenters. The zero-order chi connectivity index (χ0) is 16.7. The van der Waals surface area contributed by atoms with Crippen LogP contribution in [0.15, 0.2) is 18.2 Å². The normalized spacial score (nSPS) is 21.8. The predicted octanol–water partition coefficient (Wildman–Crippen LogP) is 3.00. The molecule has 0 radical (unpaired) electrons. The summed E-state index contributed by atoms with van der Waals surface area (Å²) in [4.78, 5) is 21.6. The molecule has 4 rings (SSSR count). The number of benzene rings is 1. The first-order valence-corrected chi connectivity index (χ1v) is 9.44. The average molecular weight is 345 g/mol. The molecule has 128 valence electrons. The summed E-state index contributed by atoms with van der Waals surface area (Å²) in [6.45, 7) is 5.68. The van der Waals surface area contributed by atoms with Crippen LogP contribution in [-0.2, 0) is 4.79 Å². The van der Waals surface area contributed by atoms with Crippen LogP contribution < -0.4 is 9.64 Å². The minimum Gasteiger partial charge on any atom is -0.497 e. The third kappa shape index (κ3) is 2.83. The number of carbonyl (C=O) groups is 1. The molecule has 2 aliphatic heterocycles. The van der Waals surface area contributed by atoms with Crippen LogP contribution in [0.5, 0.6) is 5.75 Å². The largest absolute Gasteiger partial charge is 0.497 e. The first-order chi connectivity index (χ1) is 11.6. The summed E-state index contributed by atoms with van der Waals surface area (Å²) in [6, 6.07) is 5.98. The van der Waals surface area contributed by atoms with E-state index in [1.54, 1.807) is 18.4 Å². The summed E-state index contributed by atoms with van der Waals surface area (Å²) in [6.07, 6.45) is 2.39. The van der Waals surface area contributed by atoms with E-state index in [0.717, 1.165) is 53.7 Å². The number of rotatable bonds is 3. The van der Waals surface area contributed by atoms with E-state index in [1.807, 2.05) is 18.2 Å². The predicted molar refractivity (Wildman–Crippen MR) is 96.9 cm³/mol. The lowest BCUT2D eigenvalue weighted by molar-refractivity contribution is -0.138. The first kappa shape index (κ1) is 15.7. The topological polar surface area (TPSA) is 45.7 Å². The standard InChI is InChI=1S/C18H23N3O2S/c1-12-4-3-7-20(9-12)17(22)13-10-21(11-13)18-19-15-8-14(23-2)5-6-16(15)24-18/h5-6,8,12-13H,3-4,7,9-11H2,1-2H3. The van der Waals surface area contributed by atoms with E-state index >= 15 is 0 Å². The lowest BCUT2D eigenvalue weighted by Gasteiger charge is -2.42. The molecule has 0 saturated carbocycles. The number of hydrogen-bond donors (Lipinski definition) is 0. The summed E-state index contributed by atoms with van der Waals surface area (Å²) >= 11 is 1.68. The summed E-state index contributed by atoms with van der Waals surface area (Å²) in [5.41, 5.74) is 0.967. The number of ether oxygens (including phenoxy) is 1. The Morgan fingerprint density at radius 2 is 2.17 bits per heavy atom. The van der Waals surface area contributed by atoms with Gasteiger partial charge in [0.2, 0.25) is 5.91 Å². The van der Waals surface area contributed by atoms with Gasteiger partial charge in [-0.05, 0) is 30.9 Å². The van der Waals surface area contributed by atoms with Gasteiger partial charge in [-0.15, -0.1) is 0 Å². The zero-order valence-electron chi connectivity index (χ0n) is 14.2. The Bertz CT molecular complexity index is 754. The van der Waals surface area contributed by atoms with Crippen molar-refractivity contribution in [1.82, 2.24) is 9.88 Å². The summed E-state index contributed by atoms with van der Waals surface area (Å²) in [7, 11) is 1.67. The molecular weight excluding hydrogens is 322 g/mol. The fraction of sp³-hybridized carbons (Fsp3) is 0.556. The van der Waals surface area contributed by atoms with Crippen LogP contribution in [0.3, 0.4) is 0 Å². The van der Waals surface area contributed by atoms with Gasteiger partial charge < -0.3 is 14.5 Å². The van der Waals surface area contributed by atoms with E-state index in [1.165, 1.54) is 6.42 Å². The highest BCUT2D eigenvalue weighted by Crippen LogP contribution is 2.35. The van der Waals surface area contributed by atoms with Crippen LogP contribution >= 0.6 is 11.3 Å². The van der Waals surface area contributed by atoms with Crippen LogP contribution in [-0.4, -0.2) is 49.1 Å². The van der Waals surface area contributed by atoms with E-state index in [-0.39, 0.29) is 5.92 Å². The second-order valence-corrected chi connectivity index (χ2v) is 7.97. The number of fused-ring (bicyclic) bond motifs is 1. The molecule has 1 amide bonds. The number of methoxy groups -OCH3 is 1. The summed E-state index contributed by atoms with van der Waals surface area (Å²) < 4.78 is 6.42. The summed E-state index contributed by atoms with van der Waals surface area (Å²) in [5.74, 6) is 1.94. The Kier molecular flexibility index (Phi) is 4.08. The highest BCUT2D eigenvalue weighted by atomic mass is 32.1. The number of hydrogen-bond acceptors (Lipinski definition) is 5. The van der Waals surface area contributed by atoms with Crippen molar-refractivity contribution in [2.24, 2.45) is 11.8 Å². The Hall–Kier alpha value is -1.82. The van der Waals surface area contributed by atoms with Crippen molar-refractivity contribution in [1.29, 1.82) is 0 Å². The quantitative estimate of drug-likeness (QED) is 0.858. The maximum absolute atomic E-state index is 12.6. The van der Waals surface area contributed by atoms with Crippen molar-refractivity contribution in [2.45, 2.75) is 19.8 Å². The molecule has 0 N–H and O–H groups in total. The van der Waals surface area contributed by atoms with Crippen LogP contribution in [0.2, 0.25) is 0 Å². The van der Waals surface area contributed by atoms with E-state index in [2.05, 4.69) is 16.7 Å². The minimum absolute atomic E-state index is 0.136. The fourth-order valence-electron chi connectivity index (χ4n) is 3.60. The number of anilines is 1. The SMILES string of the molecule is COc1ccc2sc(N3CC(C(=O)N4CCCC(C)C4)C3)nc2c1. The van der Waals surface area contributed by atoms with Gasteiger partial charge >= 0.3 is 0 Å². The van der Waals surface area contributed by atoms with Crippen LogP contribution in [0.25, 0.3) is 10.2 Å². The number of nitrogens with zero attached hydrogens (tertiary/aromatic N) is 3. The van der Waals surface area contributed by atoms with E-state index in [4.69, 9.17) is 9.72 Å². The molecule has 6 heteroatoms. The van der Waals surface area contributed by atoms with Gasteiger partial charge in [-0.3, -0.25) is 4.79 Å². The molecular formula is C18H23N3O2S. The smallest absolute Gasteiger partial charge is 0.229 e. The molecule has 2 fully saturated rings. The Morgan fingerprint density at radius 1 is 1.33 bits per heavy atom. The third-order valence-electron chi connectivity index (χ3n) is 5.05. The van der Waals surface area contributed by atoms with E-state index < -0.39 is 0 Å². The molecule has 1 aromatic carbocycles. The molecule has 0 spiro atoms. The van der Waals surface area contributed by atoms with Crippen molar-refractivity contribution >= 4 is 32.6 Å². The lowest BCUT2D eigenvalue weighted by atomic mass is 9.95. The number of amides is 1. The Balaban J connectivity index is 1.41. The molecule has 2 aliphatic rings. The fourth-order valence-corrected chi connectivity index (χ4v) is 4.56. The van der Waals surface area contributed by atoms with Gasteiger partial charge in [0.1, 0.15) is 5.75 Å². The van der Waals surface area contributed by atoms with Gasteiger partial charge in [-0.25, -0.2) is 4.98 Å². The molecule has 2 aromatic rings. The van der Waals surface area contributed by atoms with Crippen molar-refractivity contribution in [3.63, 3.8) is 0 Å². The Labute approximate surface area is 146 Å². The third-order valence-corrected chi connectivity index (χ3v) is 6.15. The van der Waals surface area contributed by atoms with Gasteiger partial charge in [0, 0.05) is 32.2 Å².